The first-order valence-electron chi connectivity index (χ1n) is 6.02. The summed E-state index contributed by atoms with van der Waals surface area (Å²) >= 11 is 0. The van der Waals surface area contributed by atoms with Crippen LogP contribution in [0.4, 0.5) is 13.2 Å². The van der Waals surface area contributed by atoms with Crippen molar-refractivity contribution < 1.29 is 27.4 Å². The summed E-state index contributed by atoms with van der Waals surface area (Å²) in [4.78, 5) is 11.1. The molecule has 0 aliphatic carbocycles. The minimum absolute atomic E-state index is 0.143. The van der Waals surface area contributed by atoms with Crippen LogP contribution >= 0.6 is 0 Å². The molecule has 0 atom stereocenters. The van der Waals surface area contributed by atoms with E-state index >= 15 is 0 Å². The maximum atomic E-state index is 11.9. The fourth-order valence-electron chi connectivity index (χ4n) is 1.35. The summed E-state index contributed by atoms with van der Waals surface area (Å²) in [6.07, 6.45) is -0.883. The van der Waals surface area contributed by atoms with Crippen molar-refractivity contribution >= 4 is 12.0 Å². The van der Waals surface area contributed by atoms with E-state index in [-0.39, 0.29) is 18.1 Å². The van der Waals surface area contributed by atoms with Crippen LogP contribution in [0.3, 0.4) is 0 Å². The molecule has 0 bridgehead atoms. The number of hydrogen-bond donors (Lipinski definition) is 0. The van der Waals surface area contributed by atoms with Gasteiger partial charge in [0.1, 0.15) is 5.75 Å². The van der Waals surface area contributed by atoms with Gasteiger partial charge in [-0.2, -0.15) is 13.2 Å². The predicted molar refractivity (Wildman–Crippen MR) is 68.3 cm³/mol. The van der Waals surface area contributed by atoms with E-state index in [9.17, 15) is 18.0 Å². The van der Waals surface area contributed by atoms with Gasteiger partial charge in [0.05, 0.1) is 13.0 Å². The highest BCUT2D eigenvalue weighted by Gasteiger charge is 2.28. The molecule has 0 aromatic heterocycles. The van der Waals surface area contributed by atoms with Gasteiger partial charge in [-0.15, -0.1) is 0 Å². The van der Waals surface area contributed by atoms with Gasteiger partial charge in [-0.25, -0.2) is 0 Å². The smallest absolute Gasteiger partial charge is 0.422 e. The summed E-state index contributed by atoms with van der Waals surface area (Å²) in [5.41, 5.74) is 0.758. The summed E-state index contributed by atoms with van der Waals surface area (Å²) in [6.45, 7) is 0.740. The summed E-state index contributed by atoms with van der Waals surface area (Å²) in [5.74, 6) is -0.182. The van der Waals surface area contributed by atoms with E-state index in [0.717, 1.165) is 5.56 Å². The van der Waals surface area contributed by atoms with Gasteiger partial charge in [-0.1, -0.05) is 24.3 Å². The molecule has 20 heavy (non-hydrogen) atoms. The van der Waals surface area contributed by atoms with Crippen LogP contribution in [0.1, 0.15) is 18.9 Å². The van der Waals surface area contributed by atoms with Crippen LogP contribution in [0.25, 0.3) is 6.08 Å². The second-order valence-corrected chi connectivity index (χ2v) is 3.88. The van der Waals surface area contributed by atoms with Crippen molar-refractivity contribution in [3.8, 4) is 5.75 Å². The quantitative estimate of drug-likeness (QED) is 0.750. The van der Waals surface area contributed by atoms with Crippen LogP contribution in [0.5, 0.6) is 5.75 Å². The van der Waals surface area contributed by atoms with Gasteiger partial charge in [0.2, 0.25) is 0 Å². The van der Waals surface area contributed by atoms with Crippen molar-refractivity contribution in [1.29, 1.82) is 0 Å². The number of carbonyl (C=O) groups excluding carboxylic acids is 1. The Morgan fingerprint density at radius 1 is 1.25 bits per heavy atom. The zero-order valence-electron chi connectivity index (χ0n) is 10.9. The second kappa shape index (κ2) is 7.57. The molecule has 110 valence electrons. The van der Waals surface area contributed by atoms with E-state index in [2.05, 4.69) is 4.74 Å². The highest BCUT2D eigenvalue weighted by Crippen LogP contribution is 2.19. The molecule has 0 unspecified atom stereocenters. The number of ether oxygens (including phenoxy) is 2. The number of halogens is 3. The molecular formula is C14H15F3O3. The van der Waals surface area contributed by atoms with Gasteiger partial charge in [0, 0.05) is 0 Å². The average Bonchev–Trinajstić information content (AvgIpc) is 2.37. The fourth-order valence-corrected chi connectivity index (χ4v) is 1.35. The van der Waals surface area contributed by atoms with Crippen molar-refractivity contribution in [3.63, 3.8) is 0 Å². The fraction of sp³-hybridized carbons (Fsp3) is 0.357. The molecule has 0 saturated carbocycles. The number of esters is 1. The molecule has 6 heteroatoms. The first kappa shape index (κ1) is 16.1. The Hall–Kier alpha value is -1.98. The van der Waals surface area contributed by atoms with E-state index < -0.39 is 12.8 Å². The van der Waals surface area contributed by atoms with Crippen molar-refractivity contribution in [2.45, 2.75) is 19.5 Å². The number of carbonyl (C=O) groups is 1. The van der Waals surface area contributed by atoms with Crippen LogP contribution in [0.2, 0.25) is 0 Å². The van der Waals surface area contributed by atoms with Crippen LogP contribution in [0, 0.1) is 0 Å². The highest BCUT2D eigenvalue weighted by atomic mass is 19.4. The van der Waals surface area contributed by atoms with Crippen molar-refractivity contribution in [1.82, 2.24) is 0 Å². The molecule has 0 radical (unpaired) electrons. The average molecular weight is 288 g/mol. The number of hydrogen-bond acceptors (Lipinski definition) is 3. The molecule has 0 heterocycles. The lowest BCUT2D eigenvalue weighted by Crippen LogP contribution is -2.19. The monoisotopic (exact) mass is 288 g/mol. The lowest BCUT2D eigenvalue weighted by molar-refractivity contribution is -0.153. The van der Waals surface area contributed by atoms with Crippen LogP contribution < -0.4 is 4.74 Å². The molecule has 0 aliphatic heterocycles. The van der Waals surface area contributed by atoms with E-state index in [1.165, 1.54) is 12.1 Å². The predicted octanol–water partition coefficient (Wildman–Crippen LogP) is 3.59. The molecule has 0 amide bonds. The third-order valence-electron chi connectivity index (χ3n) is 2.18. The third kappa shape index (κ3) is 6.82. The zero-order chi connectivity index (χ0) is 15.0. The summed E-state index contributed by atoms with van der Waals surface area (Å²) in [5, 5.41) is 0. The zero-order valence-corrected chi connectivity index (χ0v) is 10.9. The summed E-state index contributed by atoms with van der Waals surface area (Å²) in [7, 11) is 0. The maximum Gasteiger partial charge on any atom is 0.422 e. The number of alkyl halides is 3. The molecular weight excluding hydrogens is 273 g/mol. The molecule has 0 fully saturated rings. The Bertz CT molecular complexity index is 450. The largest absolute Gasteiger partial charge is 0.484 e. The number of benzene rings is 1. The van der Waals surface area contributed by atoms with Gasteiger partial charge >= 0.3 is 12.1 Å². The molecule has 1 aromatic carbocycles. The Morgan fingerprint density at radius 2 is 1.90 bits per heavy atom. The van der Waals surface area contributed by atoms with E-state index in [1.807, 2.05) is 0 Å². The standard InChI is InChI=1S/C14H15F3O3/c1-2-19-13(18)5-3-4-11-6-8-12(9-7-11)20-10-14(15,16)17/h3-4,6-9H,2,5,10H2,1H3. The minimum Gasteiger partial charge on any atom is -0.484 e. The SMILES string of the molecule is CCOC(=O)CC=Cc1ccc(OCC(F)(F)F)cc1. The lowest BCUT2D eigenvalue weighted by Gasteiger charge is -2.08. The van der Waals surface area contributed by atoms with Crippen molar-refractivity contribution in [2.24, 2.45) is 0 Å². The molecule has 0 aliphatic rings. The normalized spacial score (nSPS) is 11.6. The number of rotatable bonds is 6. The topological polar surface area (TPSA) is 35.5 Å². The van der Waals surface area contributed by atoms with E-state index in [0.29, 0.717) is 6.61 Å². The first-order chi connectivity index (χ1) is 9.40. The Labute approximate surface area is 115 Å². The molecule has 0 saturated heterocycles. The van der Waals surface area contributed by atoms with Crippen LogP contribution in [0.15, 0.2) is 30.3 Å². The highest BCUT2D eigenvalue weighted by molar-refractivity contribution is 5.72. The van der Waals surface area contributed by atoms with Crippen LogP contribution in [-0.2, 0) is 9.53 Å². The first-order valence-corrected chi connectivity index (χ1v) is 6.02. The molecule has 1 rings (SSSR count). The van der Waals surface area contributed by atoms with Gasteiger partial charge in [0.25, 0.3) is 0 Å². The van der Waals surface area contributed by atoms with Gasteiger partial charge in [0.15, 0.2) is 6.61 Å². The van der Waals surface area contributed by atoms with Crippen molar-refractivity contribution in [3.05, 3.63) is 35.9 Å². The molecule has 1 aromatic rings. The van der Waals surface area contributed by atoms with Gasteiger partial charge in [-0.3, -0.25) is 4.79 Å². The summed E-state index contributed by atoms with van der Waals surface area (Å²) in [6, 6.07) is 6.09. The van der Waals surface area contributed by atoms with E-state index in [4.69, 9.17) is 4.74 Å². The third-order valence-corrected chi connectivity index (χ3v) is 2.18. The van der Waals surface area contributed by atoms with Crippen LogP contribution in [-0.4, -0.2) is 25.4 Å². The Kier molecular flexibility index (Phi) is 6.09. The Morgan fingerprint density at radius 3 is 2.45 bits per heavy atom. The minimum atomic E-state index is -4.35. The van der Waals surface area contributed by atoms with Gasteiger partial charge < -0.3 is 9.47 Å². The molecule has 0 spiro atoms. The Balaban J connectivity index is 2.46. The lowest BCUT2D eigenvalue weighted by atomic mass is 10.2. The van der Waals surface area contributed by atoms with Crippen molar-refractivity contribution in [2.75, 3.05) is 13.2 Å². The molecule has 0 N–H and O–H groups in total. The van der Waals surface area contributed by atoms with Gasteiger partial charge in [-0.05, 0) is 24.6 Å². The molecule has 3 nitrogen and oxygen atoms in total. The maximum absolute atomic E-state index is 11.9. The second-order valence-electron chi connectivity index (χ2n) is 3.88. The van der Waals surface area contributed by atoms with E-state index in [1.54, 1.807) is 31.2 Å². The summed E-state index contributed by atoms with van der Waals surface area (Å²) < 4.78 is 45.2.